The van der Waals surface area contributed by atoms with Gasteiger partial charge in [0, 0.05) is 12.1 Å². The van der Waals surface area contributed by atoms with Crippen LogP contribution in [-0.2, 0) is 9.59 Å². The smallest absolute Gasteiger partial charge is 0.243 e. The molecule has 4 heteroatoms. The first-order valence-electron chi connectivity index (χ1n) is 5.53. The maximum absolute atomic E-state index is 11.2. The molecule has 0 aromatic heterocycles. The minimum atomic E-state index is -0.190. The highest BCUT2D eigenvalue weighted by atomic mass is 16.2. The molecule has 0 aromatic rings. The van der Waals surface area contributed by atoms with Crippen molar-refractivity contribution in [3.05, 3.63) is 25.3 Å². The molecule has 16 heavy (non-hydrogen) atoms. The second-order valence-electron chi connectivity index (χ2n) is 3.92. The number of hydrogen-bond acceptors (Lipinski definition) is 2. The lowest BCUT2D eigenvalue weighted by molar-refractivity contribution is -0.120. The minimum absolute atomic E-state index is 0.00292. The van der Waals surface area contributed by atoms with Crippen molar-refractivity contribution in [3.8, 4) is 0 Å². The van der Waals surface area contributed by atoms with Crippen molar-refractivity contribution in [3.63, 3.8) is 0 Å². The van der Waals surface area contributed by atoms with Gasteiger partial charge in [0.1, 0.15) is 0 Å². The number of carbonyl (C=O) groups is 2. The van der Waals surface area contributed by atoms with Crippen LogP contribution in [0.4, 0.5) is 0 Å². The van der Waals surface area contributed by atoms with Crippen LogP contribution < -0.4 is 10.6 Å². The highest BCUT2D eigenvalue weighted by Gasteiger charge is 2.26. The zero-order valence-corrected chi connectivity index (χ0v) is 9.37. The number of amides is 2. The molecule has 2 N–H and O–H groups in total. The van der Waals surface area contributed by atoms with Gasteiger partial charge in [-0.15, -0.1) is 0 Å². The summed E-state index contributed by atoms with van der Waals surface area (Å²) in [4.78, 5) is 22.4. The van der Waals surface area contributed by atoms with Gasteiger partial charge in [0.15, 0.2) is 0 Å². The van der Waals surface area contributed by atoms with Crippen LogP contribution in [0, 0.1) is 0 Å². The van der Waals surface area contributed by atoms with E-state index in [9.17, 15) is 9.59 Å². The van der Waals surface area contributed by atoms with E-state index in [2.05, 4.69) is 23.8 Å². The van der Waals surface area contributed by atoms with Gasteiger partial charge in [-0.25, -0.2) is 0 Å². The minimum Gasteiger partial charge on any atom is -0.348 e. The van der Waals surface area contributed by atoms with Crippen LogP contribution in [0.2, 0.25) is 0 Å². The van der Waals surface area contributed by atoms with Crippen molar-refractivity contribution in [1.82, 2.24) is 10.6 Å². The van der Waals surface area contributed by atoms with Gasteiger partial charge in [0.2, 0.25) is 11.8 Å². The average Bonchev–Trinajstić information content (AvgIpc) is 2.31. The van der Waals surface area contributed by atoms with Gasteiger partial charge in [-0.3, -0.25) is 9.59 Å². The Labute approximate surface area is 95.8 Å². The Hall–Kier alpha value is -1.58. The van der Waals surface area contributed by atoms with Gasteiger partial charge in [-0.2, -0.15) is 0 Å². The molecule has 1 aliphatic rings. The largest absolute Gasteiger partial charge is 0.348 e. The van der Waals surface area contributed by atoms with Crippen LogP contribution in [0.15, 0.2) is 25.3 Å². The highest BCUT2D eigenvalue weighted by Crippen LogP contribution is 2.18. The molecule has 0 radical (unpaired) electrons. The fourth-order valence-corrected chi connectivity index (χ4v) is 1.96. The fourth-order valence-electron chi connectivity index (χ4n) is 1.96. The molecule has 0 aliphatic heterocycles. The third-order valence-electron chi connectivity index (χ3n) is 2.79. The maximum Gasteiger partial charge on any atom is 0.243 e. The summed E-state index contributed by atoms with van der Waals surface area (Å²) in [5.41, 5.74) is 0. The normalized spacial score (nSPS) is 24.2. The first-order chi connectivity index (χ1) is 7.67. The topological polar surface area (TPSA) is 58.2 Å². The van der Waals surface area contributed by atoms with E-state index in [1.807, 2.05) is 0 Å². The van der Waals surface area contributed by atoms with E-state index in [0.717, 1.165) is 25.7 Å². The van der Waals surface area contributed by atoms with Crippen LogP contribution in [-0.4, -0.2) is 23.9 Å². The molecule has 0 unspecified atom stereocenters. The predicted octanol–water partition coefficient (Wildman–Crippen LogP) is 0.902. The summed E-state index contributed by atoms with van der Waals surface area (Å²) in [6.07, 6.45) is 6.43. The number of carbonyl (C=O) groups excluding carboxylic acids is 2. The predicted molar refractivity (Wildman–Crippen MR) is 62.7 cm³/mol. The maximum atomic E-state index is 11.2. The Morgan fingerprint density at radius 2 is 1.31 bits per heavy atom. The average molecular weight is 222 g/mol. The fraction of sp³-hybridized carbons (Fsp3) is 0.500. The van der Waals surface area contributed by atoms with Gasteiger partial charge < -0.3 is 10.6 Å². The van der Waals surface area contributed by atoms with E-state index in [4.69, 9.17) is 0 Å². The van der Waals surface area contributed by atoms with E-state index in [0.29, 0.717) is 0 Å². The molecular weight excluding hydrogens is 204 g/mol. The Morgan fingerprint density at radius 3 is 1.62 bits per heavy atom. The first-order valence-corrected chi connectivity index (χ1v) is 5.53. The zero-order valence-electron chi connectivity index (χ0n) is 9.37. The summed E-state index contributed by atoms with van der Waals surface area (Å²) < 4.78 is 0. The Balaban J connectivity index is 2.56. The molecule has 2 atom stereocenters. The van der Waals surface area contributed by atoms with E-state index in [1.165, 1.54) is 12.2 Å². The summed E-state index contributed by atoms with van der Waals surface area (Å²) in [6, 6.07) is 0.00583. The summed E-state index contributed by atoms with van der Waals surface area (Å²) in [5.74, 6) is -0.380. The molecule has 0 heterocycles. The molecule has 1 saturated carbocycles. The van der Waals surface area contributed by atoms with Crippen molar-refractivity contribution < 1.29 is 9.59 Å². The van der Waals surface area contributed by atoms with Gasteiger partial charge >= 0.3 is 0 Å². The van der Waals surface area contributed by atoms with Crippen LogP contribution in [0.1, 0.15) is 25.7 Å². The van der Waals surface area contributed by atoms with Gasteiger partial charge in [0.25, 0.3) is 0 Å². The quantitative estimate of drug-likeness (QED) is 0.694. The van der Waals surface area contributed by atoms with Crippen molar-refractivity contribution >= 4 is 11.8 Å². The van der Waals surface area contributed by atoms with E-state index >= 15 is 0 Å². The van der Waals surface area contributed by atoms with E-state index in [1.54, 1.807) is 0 Å². The molecule has 88 valence electrons. The third-order valence-corrected chi connectivity index (χ3v) is 2.79. The van der Waals surface area contributed by atoms with Crippen molar-refractivity contribution in [2.24, 2.45) is 0 Å². The van der Waals surface area contributed by atoms with Crippen molar-refractivity contribution in [2.45, 2.75) is 37.8 Å². The van der Waals surface area contributed by atoms with Crippen LogP contribution in [0.25, 0.3) is 0 Å². The molecule has 0 aromatic carbocycles. The lowest BCUT2D eigenvalue weighted by Gasteiger charge is -2.32. The molecule has 0 spiro atoms. The molecule has 1 rings (SSSR count). The Morgan fingerprint density at radius 1 is 0.938 bits per heavy atom. The van der Waals surface area contributed by atoms with Crippen LogP contribution in [0.5, 0.6) is 0 Å². The van der Waals surface area contributed by atoms with E-state index in [-0.39, 0.29) is 23.9 Å². The lowest BCUT2D eigenvalue weighted by atomic mass is 9.90. The number of hydrogen-bond donors (Lipinski definition) is 2. The molecule has 1 fully saturated rings. The second-order valence-corrected chi connectivity index (χ2v) is 3.92. The number of nitrogens with one attached hydrogen (secondary N) is 2. The van der Waals surface area contributed by atoms with Gasteiger partial charge in [-0.1, -0.05) is 26.0 Å². The molecule has 0 bridgehead atoms. The third kappa shape index (κ3) is 3.53. The summed E-state index contributed by atoms with van der Waals surface area (Å²) in [6.45, 7) is 6.83. The number of rotatable bonds is 4. The van der Waals surface area contributed by atoms with Crippen LogP contribution in [0.3, 0.4) is 0 Å². The SMILES string of the molecule is C=CC(=O)N[C@@H]1CCCC[C@H]1NC(=O)C=C. The summed E-state index contributed by atoms with van der Waals surface area (Å²) in [7, 11) is 0. The Kier molecular flexibility index (Phi) is 4.76. The standard InChI is InChI=1S/C12H18N2O2/c1-3-11(15)13-9-7-5-6-8-10(9)14-12(16)4-2/h3-4,9-10H,1-2,5-8H2,(H,13,15)(H,14,16)/t9-,10-/m1/s1. The van der Waals surface area contributed by atoms with Gasteiger partial charge in [0.05, 0.1) is 0 Å². The van der Waals surface area contributed by atoms with E-state index < -0.39 is 0 Å². The summed E-state index contributed by atoms with van der Waals surface area (Å²) in [5, 5.41) is 5.68. The second kappa shape index (κ2) is 6.10. The summed E-state index contributed by atoms with van der Waals surface area (Å²) >= 11 is 0. The molecule has 1 aliphatic carbocycles. The van der Waals surface area contributed by atoms with Gasteiger partial charge in [-0.05, 0) is 25.0 Å². The lowest BCUT2D eigenvalue weighted by Crippen LogP contribution is -2.52. The monoisotopic (exact) mass is 222 g/mol. The zero-order chi connectivity index (χ0) is 12.0. The highest BCUT2D eigenvalue weighted by molar-refractivity contribution is 5.88. The van der Waals surface area contributed by atoms with Crippen LogP contribution >= 0.6 is 0 Å². The Bertz CT molecular complexity index is 269. The first kappa shape index (κ1) is 12.5. The van der Waals surface area contributed by atoms with Crippen molar-refractivity contribution in [1.29, 1.82) is 0 Å². The molecule has 0 saturated heterocycles. The van der Waals surface area contributed by atoms with Crippen molar-refractivity contribution in [2.75, 3.05) is 0 Å². The molecular formula is C12H18N2O2. The molecule has 2 amide bonds. The molecule has 4 nitrogen and oxygen atoms in total.